The normalized spacial score (nSPS) is 15.1. The van der Waals surface area contributed by atoms with Crippen LogP contribution in [0.3, 0.4) is 0 Å². The second kappa shape index (κ2) is 6.74. The van der Waals surface area contributed by atoms with Crippen LogP contribution >= 0.6 is 11.6 Å². The van der Waals surface area contributed by atoms with E-state index in [9.17, 15) is 12.8 Å². The number of nitrogen functional groups attached to an aromatic ring is 1. The van der Waals surface area contributed by atoms with Crippen LogP contribution in [0.5, 0.6) is 0 Å². The van der Waals surface area contributed by atoms with Crippen molar-refractivity contribution in [3.8, 4) is 0 Å². The third-order valence-electron chi connectivity index (χ3n) is 3.13. The lowest BCUT2D eigenvalue weighted by molar-refractivity contribution is 0.444. The van der Waals surface area contributed by atoms with Crippen LogP contribution in [0, 0.1) is 11.7 Å². The molecule has 0 heterocycles. The minimum absolute atomic E-state index is 0.0823. The van der Waals surface area contributed by atoms with E-state index in [0.29, 0.717) is 12.3 Å². The molecular weight excluding hydrogens is 303 g/mol. The van der Waals surface area contributed by atoms with Gasteiger partial charge in [-0.25, -0.2) is 17.5 Å². The van der Waals surface area contributed by atoms with E-state index in [1.54, 1.807) is 6.92 Å². The number of hydrogen-bond acceptors (Lipinski definition) is 3. The van der Waals surface area contributed by atoms with Gasteiger partial charge in [0.15, 0.2) is 5.82 Å². The summed E-state index contributed by atoms with van der Waals surface area (Å²) in [6.07, 6.45) is 1.62. The number of nitrogens with two attached hydrogens (primary N) is 1. The molecule has 114 valence electrons. The van der Waals surface area contributed by atoms with Crippen LogP contribution in [0.15, 0.2) is 17.0 Å². The molecule has 0 amide bonds. The summed E-state index contributed by atoms with van der Waals surface area (Å²) in [5.41, 5.74) is 5.11. The van der Waals surface area contributed by atoms with Crippen LogP contribution in [0.2, 0.25) is 5.02 Å². The highest BCUT2D eigenvalue weighted by molar-refractivity contribution is 7.89. The summed E-state index contributed by atoms with van der Waals surface area (Å²) < 4.78 is 40.6. The first-order valence-electron chi connectivity index (χ1n) is 6.44. The second-order valence-electron chi connectivity index (χ2n) is 5.08. The van der Waals surface area contributed by atoms with E-state index in [4.69, 9.17) is 17.3 Å². The average Bonchev–Trinajstić information content (AvgIpc) is 2.32. The molecule has 0 aliphatic carbocycles. The van der Waals surface area contributed by atoms with E-state index in [2.05, 4.69) is 4.72 Å². The summed E-state index contributed by atoms with van der Waals surface area (Å²) in [5, 5.41) is 0.0823. The number of halogens is 2. The Labute approximate surface area is 124 Å². The Morgan fingerprint density at radius 2 is 2.00 bits per heavy atom. The lowest BCUT2D eigenvalue weighted by atomic mass is 10.0. The Morgan fingerprint density at radius 1 is 1.40 bits per heavy atom. The molecule has 0 aromatic heterocycles. The van der Waals surface area contributed by atoms with Gasteiger partial charge in [-0.3, -0.25) is 0 Å². The largest absolute Gasteiger partial charge is 0.396 e. The highest BCUT2D eigenvalue weighted by Crippen LogP contribution is 2.25. The van der Waals surface area contributed by atoms with Gasteiger partial charge in [-0.2, -0.15) is 0 Å². The molecule has 0 aliphatic heterocycles. The van der Waals surface area contributed by atoms with Crippen molar-refractivity contribution in [2.24, 2.45) is 5.92 Å². The van der Waals surface area contributed by atoms with Gasteiger partial charge >= 0.3 is 0 Å². The molecule has 1 aromatic carbocycles. The predicted molar refractivity (Wildman–Crippen MR) is 79.7 cm³/mol. The lowest BCUT2D eigenvalue weighted by Gasteiger charge is -2.18. The molecule has 2 atom stereocenters. The number of anilines is 1. The number of hydrogen-bond donors (Lipinski definition) is 2. The zero-order valence-electron chi connectivity index (χ0n) is 11.8. The SMILES string of the molecule is CCC(C)CC(C)NS(=O)(=O)c1cc(Cl)cc(N)c1F. The van der Waals surface area contributed by atoms with Gasteiger partial charge in [0, 0.05) is 11.1 Å². The van der Waals surface area contributed by atoms with Crippen molar-refractivity contribution in [2.75, 3.05) is 5.73 Å². The number of benzene rings is 1. The van der Waals surface area contributed by atoms with Crippen LogP contribution in [-0.4, -0.2) is 14.5 Å². The van der Waals surface area contributed by atoms with Crippen LogP contribution < -0.4 is 10.5 Å². The Hall–Kier alpha value is -0.850. The topological polar surface area (TPSA) is 72.2 Å². The molecule has 0 aliphatic rings. The van der Waals surface area contributed by atoms with Gasteiger partial charge < -0.3 is 5.73 Å². The van der Waals surface area contributed by atoms with Crippen molar-refractivity contribution >= 4 is 27.3 Å². The average molecular weight is 323 g/mol. The van der Waals surface area contributed by atoms with Gasteiger partial charge in [0.05, 0.1) is 5.69 Å². The highest BCUT2D eigenvalue weighted by atomic mass is 35.5. The van der Waals surface area contributed by atoms with E-state index in [1.165, 1.54) is 6.07 Å². The molecular formula is C13H20ClFN2O2S. The standard InChI is InChI=1S/C13H20ClFN2O2S/c1-4-8(2)5-9(3)17-20(18,19)12-7-10(14)6-11(16)13(12)15/h6-9,17H,4-5,16H2,1-3H3. The van der Waals surface area contributed by atoms with Gasteiger partial charge in [-0.15, -0.1) is 0 Å². The summed E-state index contributed by atoms with van der Waals surface area (Å²) in [7, 11) is -3.98. The highest BCUT2D eigenvalue weighted by Gasteiger charge is 2.24. The summed E-state index contributed by atoms with van der Waals surface area (Å²) in [4.78, 5) is -0.515. The maximum absolute atomic E-state index is 13.9. The van der Waals surface area contributed by atoms with Crippen molar-refractivity contribution in [2.45, 2.75) is 44.6 Å². The Kier molecular flexibility index (Phi) is 5.79. The van der Waals surface area contributed by atoms with Crippen molar-refractivity contribution in [1.29, 1.82) is 0 Å². The first kappa shape index (κ1) is 17.2. The van der Waals surface area contributed by atoms with Gasteiger partial charge in [-0.05, 0) is 31.4 Å². The zero-order valence-corrected chi connectivity index (χ0v) is 13.4. The minimum atomic E-state index is -3.98. The molecule has 2 unspecified atom stereocenters. The Morgan fingerprint density at radius 3 is 2.55 bits per heavy atom. The lowest BCUT2D eigenvalue weighted by Crippen LogP contribution is -2.34. The zero-order chi connectivity index (χ0) is 15.5. The van der Waals surface area contributed by atoms with Gasteiger partial charge in [0.25, 0.3) is 0 Å². The third-order valence-corrected chi connectivity index (χ3v) is 4.94. The van der Waals surface area contributed by atoms with Crippen molar-refractivity contribution in [1.82, 2.24) is 4.72 Å². The Bertz CT molecular complexity index is 578. The molecule has 0 radical (unpaired) electrons. The maximum atomic E-state index is 13.9. The number of rotatable bonds is 6. The maximum Gasteiger partial charge on any atom is 0.243 e. The fraction of sp³-hybridized carbons (Fsp3) is 0.538. The molecule has 4 nitrogen and oxygen atoms in total. The van der Waals surface area contributed by atoms with Gasteiger partial charge in [0.1, 0.15) is 4.90 Å². The van der Waals surface area contributed by atoms with Crippen LogP contribution in [0.25, 0.3) is 0 Å². The molecule has 3 N–H and O–H groups in total. The fourth-order valence-electron chi connectivity index (χ4n) is 1.93. The quantitative estimate of drug-likeness (QED) is 0.790. The minimum Gasteiger partial charge on any atom is -0.396 e. The van der Waals surface area contributed by atoms with Crippen molar-refractivity contribution in [3.63, 3.8) is 0 Å². The van der Waals surface area contributed by atoms with E-state index in [-0.39, 0.29) is 16.8 Å². The molecule has 20 heavy (non-hydrogen) atoms. The van der Waals surface area contributed by atoms with Crippen molar-refractivity contribution in [3.05, 3.63) is 23.0 Å². The fourth-order valence-corrected chi connectivity index (χ4v) is 3.61. The van der Waals surface area contributed by atoms with Crippen LogP contribution in [0.4, 0.5) is 10.1 Å². The molecule has 0 bridgehead atoms. The van der Waals surface area contributed by atoms with Crippen LogP contribution in [-0.2, 0) is 10.0 Å². The summed E-state index contributed by atoms with van der Waals surface area (Å²) in [6, 6.07) is 1.94. The molecule has 1 aromatic rings. The monoisotopic (exact) mass is 322 g/mol. The summed E-state index contributed by atoms with van der Waals surface area (Å²) in [6.45, 7) is 5.81. The molecule has 1 rings (SSSR count). The molecule has 0 spiro atoms. The number of nitrogens with one attached hydrogen (secondary N) is 1. The van der Waals surface area contributed by atoms with Crippen LogP contribution in [0.1, 0.15) is 33.6 Å². The Balaban J connectivity index is 3.00. The molecule has 0 saturated carbocycles. The first-order valence-corrected chi connectivity index (χ1v) is 8.30. The van der Waals surface area contributed by atoms with E-state index < -0.39 is 20.7 Å². The second-order valence-corrected chi connectivity index (χ2v) is 7.20. The van der Waals surface area contributed by atoms with E-state index in [0.717, 1.165) is 12.5 Å². The summed E-state index contributed by atoms with van der Waals surface area (Å²) >= 11 is 5.73. The molecule has 7 heteroatoms. The van der Waals surface area contributed by atoms with Gasteiger partial charge in [0.2, 0.25) is 10.0 Å². The number of sulfonamides is 1. The van der Waals surface area contributed by atoms with Crippen molar-refractivity contribution < 1.29 is 12.8 Å². The van der Waals surface area contributed by atoms with Gasteiger partial charge in [-0.1, -0.05) is 31.9 Å². The third kappa shape index (κ3) is 4.33. The van der Waals surface area contributed by atoms with E-state index in [1.807, 2.05) is 13.8 Å². The van der Waals surface area contributed by atoms with E-state index >= 15 is 0 Å². The first-order chi connectivity index (χ1) is 9.17. The predicted octanol–water partition coefficient (Wildman–Crippen LogP) is 3.16. The smallest absolute Gasteiger partial charge is 0.243 e. The molecule has 0 saturated heterocycles. The molecule has 0 fully saturated rings. The summed E-state index contributed by atoms with van der Waals surface area (Å²) in [5.74, 6) is -0.598.